The highest BCUT2D eigenvalue weighted by Gasteiger charge is 2.09. The Morgan fingerprint density at radius 1 is 1.47 bits per heavy atom. The molecule has 0 aliphatic rings. The number of rotatable bonds is 7. The van der Waals surface area contributed by atoms with Gasteiger partial charge in [-0.05, 0) is 40.7 Å². The summed E-state index contributed by atoms with van der Waals surface area (Å²) < 4.78 is 11.1. The van der Waals surface area contributed by atoms with E-state index in [4.69, 9.17) is 16.3 Å². The van der Waals surface area contributed by atoms with Gasteiger partial charge in [0.15, 0.2) is 0 Å². The molecule has 4 nitrogen and oxygen atoms in total. The molecule has 0 aromatic heterocycles. The van der Waals surface area contributed by atoms with Gasteiger partial charge in [0.25, 0.3) is 0 Å². The minimum Gasteiger partial charge on any atom is -0.491 e. The molecule has 106 valence electrons. The summed E-state index contributed by atoms with van der Waals surface area (Å²) in [6, 6.07) is 5.36. The number of carbonyl (C=O) groups excluding carboxylic acids is 1. The smallest absolute Gasteiger partial charge is 0.319 e. The van der Waals surface area contributed by atoms with Crippen LogP contribution in [0.2, 0.25) is 5.02 Å². The molecule has 0 atom stereocenters. The summed E-state index contributed by atoms with van der Waals surface area (Å²) in [7, 11) is 1.39. The van der Waals surface area contributed by atoms with Crippen LogP contribution in [-0.2, 0) is 9.53 Å². The summed E-state index contributed by atoms with van der Waals surface area (Å²) in [5, 5.41) is 0.653. The van der Waals surface area contributed by atoms with Gasteiger partial charge in [-0.2, -0.15) is 0 Å². The Morgan fingerprint density at radius 2 is 2.21 bits per heavy atom. The number of ether oxygens (including phenoxy) is 2. The molecule has 1 rings (SSSR count). The second-order valence-corrected chi connectivity index (χ2v) is 5.16. The highest BCUT2D eigenvalue weighted by molar-refractivity contribution is 9.10. The molecule has 0 unspecified atom stereocenters. The lowest BCUT2D eigenvalue weighted by atomic mass is 10.3. The predicted molar refractivity (Wildman–Crippen MR) is 78.8 cm³/mol. The van der Waals surface area contributed by atoms with Crippen molar-refractivity contribution in [2.24, 2.45) is 0 Å². The average molecular weight is 351 g/mol. The van der Waals surface area contributed by atoms with Crippen molar-refractivity contribution in [1.82, 2.24) is 4.90 Å². The highest BCUT2D eigenvalue weighted by atomic mass is 79.9. The Balaban J connectivity index is 2.41. The van der Waals surface area contributed by atoms with Gasteiger partial charge in [-0.1, -0.05) is 18.5 Å². The monoisotopic (exact) mass is 349 g/mol. The van der Waals surface area contributed by atoms with Crippen molar-refractivity contribution in [3.8, 4) is 5.75 Å². The molecule has 0 saturated carbocycles. The second kappa shape index (κ2) is 8.40. The first kappa shape index (κ1) is 16.3. The average Bonchev–Trinajstić information content (AvgIpc) is 2.39. The van der Waals surface area contributed by atoms with E-state index < -0.39 is 0 Å². The number of benzene rings is 1. The van der Waals surface area contributed by atoms with E-state index in [2.05, 4.69) is 20.7 Å². The molecular weight excluding hydrogens is 334 g/mol. The minimum absolute atomic E-state index is 0.241. The van der Waals surface area contributed by atoms with Crippen molar-refractivity contribution in [2.75, 3.05) is 33.4 Å². The molecule has 0 aliphatic carbocycles. The highest BCUT2D eigenvalue weighted by Crippen LogP contribution is 2.27. The Labute approximate surface area is 126 Å². The van der Waals surface area contributed by atoms with Crippen LogP contribution in [0.1, 0.15) is 6.92 Å². The fourth-order valence-corrected chi connectivity index (χ4v) is 2.27. The molecule has 1 aromatic carbocycles. The van der Waals surface area contributed by atoms with Crippen LogP contribution in [0.4, 0.5) is 0 Å². The Kier molecular flexibility index (Phi) is 7.20. The molecule has 1 aromatic rings. The molecule has 6 heteroatoms. The van der Waals surface area contributed by atoms with E-state index in [0.29, 0.717) is 18.2 Å². The van der Waals surface area contributed by atoms with Crippen LogP contribution in [0, 0.1) is 0 Å². The number of carbonyl (C=O) groups is 1. The lowest BCUT2D eigenvalue weighted by Crippen LogP contribution is -2.33. The second-order valence-electron chi connectivity index (χ2n) is 3.87. The topological polar surface area (TPSA) is 38.8 Å². The summed E-state index contributed by atoms with van der Waals surface area (Å²) in [5.74, 6) is 0.494. The van der Waals surface area contributed by atoms with Gasteiger partial charge in [0.05, 0.1) is 18.1 Å². The minimum atomic E-state index is -0.241. The van der Waals surface area contributed by atoms with Crippen LogP contribution in [0.15, 0.2) is 22.7 Å². The van der Waals surface area contributed by atoms with Crippen molar-refractivity contribution in [2.45, 2.75) is 6.92 Å². The van der Waals surface area contributed by atoms with Crippen molar-refractivity contribution in [1.29, 1.82) is 0 Å². The summed E-state index contributed by atoms with van der Waals surface area (Å²) in [6.07, 6.45) is 0. The number of hydrogen-bond acceptors (Lipinski definition) is 4. The van der Waals surface area contributed by atoms with Crippen molar-refractivity contribution < 1.29 is 14.3 Å². The van der Waals surface area contributed by atoms with E-state index in [1.165, 1.54) is 7.11 Å². The number of halogens is 2. The van der Waals surface area contributed by atoms with E-state index >= 15 is 0 Å². The third-order valence-corrected chi connectivity index (χ3v) is 3.44. The van der Waals surface area contributed by atoms with Gasteiger partial charge in [-0.3, -0.25) is 9.69 Å². The SMILES string of the molecule is CCN(CCOc1ccc(Cl)cc1Br)CC(=O)OC. The van der Waals surface area contributed by atoms with Gasteiger partial charge < -0.3 is 9.47 Å². The quantitative estimate of drug-likeness (QED) is 0.709. The number of methoxy groups -OCH3 is 1. The molecule has 0 bridgehead atoms. The van der Waals surface area contributed by atoms with Gasteiger partial charge >= 0.3 is 5.97 Å². The predicted octanol–water partition coefficient (Wildman–Crippen LogP) is 2.98. The first-order valence-electron chi connectivity index (χ1n) is 5.93. The van der Waals surface area contributed by atoms with Crippen molar-refractivity contribution >= 4 is 33.5 Å². The molecular formula is C13H17BrClNO3. The zero-order valence-corrected chi connectivity index (χ0v) is 13.3. The standard InChI is InChI=1S/C13H17BrClNO3/c1-3-16(9-13(17)18-2)6-7-19-12-5-4-10(15)8-11(12)14/h4-5,8H,3,6-7,9H2,1-2H3. The fraction of sp³-hybridized carbons (Fsp3) is 0.462. The van der Waals surface area contributed by atoms with Crippen LogP contribution in [0.25, 0.3) is 0 Å². The fourth-order valence-electron chi connectivity index (χ4n) is 1.47. The maximum absolute atomic E-state index is 11.2. The lowest BCUT2D eigenvalue weighted by molar-refractivity contribution is -0.141. The van der Waals surface area contributed by atoms with Crippen LogP contribution < -0.4 is 4.74 Å². The first-order chi connectivity index (χ1) is 9.06. The molecule has 0 aliphatic heterocycles. The van der Waals surface area contributed by atoms with Gasteiger partial charge in [0.1, 0.15) is 12.4 Å². The molecule has 0 fully saturated rings. The maximum atomic E-state index is 11.2. The zero-order valence-electron chi connectivity index (χ0n) is 11.0. The van der Waals surface area contributed by atoms with Crippen LogP contribution in [-0.4, -0.2) is 44.2 Å². The molecule has 0 spiro atoms. The Hall–Kier alpha value is -0.780. The van der Waals surface area contributed by atoms with Crippen molar-refractivity contribution in [3.63, 3.8) is 0 Å². The number of hydrogen-bond donors (Lipinski definition) is 0. The Bertz CT molecular complexity index is 428. The summed E-state index contributed by atoms with van der Waals surface area (Å²) in [5.41, 5.74) is 0. The van der Waals surface area contributed by atoms with E-state index in [1.54, 1.807) is 12.1 Å². The normalized spacial score (nSPS) is 10.6. The first-order valence-corrected chi connectivity index (χ1v) is 7.11. The molecule has 0 N–H and O–H groups in total. The molecule has 0 amide bonds. The number of likely N-dealkylation sites (N-methyl/N-ethyl adjacent to an activating group) is 1. The van der Waals surface area contributed by atoms with Gasteiger partial charge in [-0.15, -0.1) is 0 Å². The lowest BCUT2D eigenvalue weighted by Gasteiger charge is -2.19. The van der Waals surface area contributed by atoms with Crippen LogP contribution >= 0.6 is 27.5 Å². The van der Waals surface area contributed by atoms with Gasteiger partial charge in [0.2, 0.25) is 0 Å². The summed E-state index contributed by atoms with van der Waals surface area (Å²) in [4.78, 5) is 13.1. The summed E-state index contributed by atoms with van der Waals surface area (Å²) in [6.45, 7) is 4.17. The molecule has 0 radical (unpaired) electrons. The maximum Gasteiger partial charge on any atom is 0.319 e. The molecule has 0 saturated heterocycles. The van der Waals surface area contributed by atoms with E-state index in [9.17, 15) is 4.79 Å². The number of nitrogens with zero attached hydrogens (tertiary/aromatic N) is 1. The van der Waals surface area contributed by atoms with E-state index in [0.717, 1.165) is 16.8 Å². The van der Waals surface area contributed by atoms with Crippen LogP contribution in [0.3, 0.4) is 0 Å². The molecule has 19 heavy (non-hydrogen) atoms. The Morgan fingerprint density at radius 3 is 2.79 bits per heavy atom. The molecule has 0 heterocycles. The van der Waals surface area contributed by atoms with E-state index in [1.807, 2.05) is 17.9 Å². The van der Waals surface area contributed by atoms with E-state index in [-0.39, 0.29) is 12.5 Å². The zero-order chi connectivity index (χ0) is 14.3. The number of esters is 1. The largest absolute Gasteiger partial charge is 0.491 e. The van der Waals surface area contributed by atoms with Crippen molar-refractivity contribution in [3.05, 3.63) is 27.7 Å². The third-order valence-electron chi connectivity index (χ3n) is 2.59. The van der Waals surface area contributed by atoms with Gasteiger partial charge in [0, 0.05) is 11.6 Å². The van der Waals surface area contributed by atoms with Gasteiger partial charge in [-0.25, -0.2) is 0 Å². The summed E-state index contributed by atoms with van der Waals surface area (Å²) >= 11 is 9.24. The van der Waals surface area contributed by atoms with Crippen LogP contribution in [0.5, 0.6) is 5.75 Å². The third kappa shape index (κ3) is 5.80.